The molecule has 1 saturated heterocycles. The van der Waals surface area contributed by atoms with Gasteiger partial charge in [0.15, 0.2) is 0 Å². The van der Waals surface area contributed by atoms with Crippen molar-refractivity contribution in [2.45, 2.75) is 32.0 Å². The van der Waals surface area contributed by atoms with Crippen molar-refractivity contribution in [3.05, 3.63) is 0 Å². The first-order valence-electron chi connectivity index (χ1n) is 4.78. The smallest absolute Gasteiger partial charge is 0.114 e. The van der Waals surface area contributed by atoms with Crippen molar-refractivity contribution >= 4 is 0 Å². The van der Waals surface area contributed by atoms with Crippen molar-refractivity contribution in [2.24, 2.45) is 0 Å². The largest absolute Gasteiger partial charge is 0.311 e. The van der Waals surface area contributed by atoms with Crippen molar-refractivity contribution < 1.29 is 4.39 Å². The van der Waals surface area contributed by atoms with E-state index in [1.165, 1.54) is 0 Å². The molecule has 72 valence electrons. The van der Waals surface area contributed by atoms with Crippen LogP contribution in [-0.2, 0) is 0 Å². The number of nitrogens with one attached hydrogen (secondary N) is 1. The number of alkyl halides is 1. The van der Waals surface area contributed by atoms with Gasteiger partial charge >= 0.3 is 0 Å². The molecule has 1 fully saturated rings. The molecule has 0 aromatic carbocycles. The summed E-state index contributed by atoms with van der Waals surface area (Å²) < 4.78 is 12.7. The maximum atomic E-state index is 12.7. The van der Waals surface area contributed by atoms with E-state index >= 15 is 0 Å². The van der Waals surface area contributed by atoms with Gasteiger partial charge in [0.1, 0.15) is 6.17 Å². The molecule has 2 unspecified atom stereocenters. The minimum Gasteiger partial charge on any atom is -0.311 e. The Morgan fingerprint density at radius 1 is 1.58 bits per heavy atom. The van der Waals surface area contributed by atoms with E-state index in [9.17, 15) is 4.39 Å². The molecule has 0 aromatic heterocycles. The Balaban J connectivity index is 2.07. The highest BCUT2D eigenvalue weighted by molar-refractivity contribution is 4.81. The standard InChI is InChI=1S/C9H19FN2/c1-3-12(2)5-4-9-6-8(10)7-11-9/h8-9,11H,3-7H2,1-2H3. The summed E-state index contributed by atoms with van der Waals surface area (Å²) >= 11 is 0. The molecule has 0 amide bonds. The molecule has 0 bridgehead atoms. The van der Waals surface area contributed by atoms with E-state index in [-0.39, 0.29) is 0 Å². The van der Waals surface area contributed by atoms with Crippen molar-refractivity contribution in [3.63, 3.8) is 0 Å². The molecule has 1 aliphatic heterocycles. The second kappa shape index (κ2) is 4.77. The Hall–Kier alpha value is -0.150. The van der Waals surface area contributed by atoms with E-state index in [4.69, 9.17) is 0 Å². The monoisotopic (exact) mass is 174 g/mol. The van der Waals surface area contributed by atoms with Gasteiger partial charge in [0, 0.05) is 12.6 Å². The summed E-state index contributed by atoms with van der Waals surface area (Å²) in [5, 5.41) is 3.18. The summed E-state index contributed by atoms with van der Waals surface area (Å²) in [7, 11) is 2.10. The van der Waals surface area contributed by atoms with E-state index in [0.717, 1.165) is 19.5 Å². The maximum Gasteiger partial charge on any atom is 0.114 e. The van der Waals surface area contributed by atoms with E-state index in [2.05, 4.69) is 24.2 Å². The van der Waals surface area contributed by atoms with Crippen molar-refractivity contribution in [1.82, 2.24) is 10.2 Å². The predicted octanol–water partition coefficient (Wildman–Crippen LogP) is 1.03. The minimum absolute atomic E-state index is 0.411. The van der Waals surface area contributed by atoms with Crippen LogP contribution in [0.25, 0.3) is 0 Å². The maximum absolute atomic E-state index is 12.7. The summed E-state index contributed by atoms with van der Waals surface area (Å²) in [6.45, 7) is 4.84. The van der Waals surface area contributed by atoms with Gasteiger partial charge in [-0.3, -0.25) is 0 Å². The third kappa shape index (κ3) is 3.07. The average molecular weight is 174 g/mol. The van der Waals surface area contributed by atoms with Gasteiger partial charge in [0.05, 0.1) is 0 Å². The molecule has 0 radical (unpaired) electrons. The van der Waals surface area contributed by atoms with E-state index in [1.807, 2.05) is 0 Å². The molecular formula is C9H19FN2. The quantitative estimate of drug-likeness (QED) is 0.684. The van der Waals surface area contributed by atoms with Crippen LogP contribution in [-0.4, -0.2) is 43.8 Å². The number of halogens is 1. The molecule has 2 nitrogen and oxygen atoms in total. The Bertz CT molecular complexity index is 130. The second-order valence-electron chi connectivity index (χ2n) is 3.62. The van der Waals surface area contributed by atoms with E-state index in [0.29, 0.717) is 19.0 Å². The summed E-state index contributed by atoms with van der Waals surface area (Å²) in [6.07, 6.45) is 1.17. The van der Waals surface area contributed by atoms with Gasteiger partial charge < -0.3 is 10.2 Å². The summed E-state index contributed by atoms with van der Waals surface area (Å²) in [4.78, 5) is 2.26. The molecule has 2 atom stereocenters. The lowest BCUT2D eigenvalue weighted by Gasteiger charge is -2.16. The molecular weight excluding hydrogens is 155 g/mol. The van der Waals surface area contributed by atoms with Crippen LogP contribution in [0, 0.1) is 0 Å². The SMILES string of the molecule is CCN(C)CCC1CC(F)CN1. The Kier molecular flexibility index (Phi) is 3.95. The highest BCUT2D eigenvalue weighted by Gasteiger charge is 2.22. The van der Waals surface area contributed by atoms with Gasteiger partial charge in [-0.05, 0) is 33.0 Å². The van der Waals surface area contributed by atoms with Crippen LogP contribution in [0.5, 0.6) is 0 Å². The van der Waals surface area contributed by atoms with E-state index < -0.39 is 6.17 Å². The Morgan fingerprint density at radius 2 is 2.33 bits per heavy atom. The van der Waals surface area contributed by atoms with Crippen LogP contribution < -0.4 is 5.32 Å². The van der Waals surface area contributed by atoms with Gasteiger partial charge in [0.25, 0.3) is 0 Å². The zero-order chi connectivity index (χ0) is 8.97. The highest BCUT2D eigenvalue weighted by atomic mass is 19.1. The van der Waals surface area contributed by atoms with Crippen LogP contribution in [0.3, 0.4) is 0 Å². The summed E-state index contributed by atoms with van der Waals surface area (Å²) in [5.41, 5.74) is 0. The number of hydrogen-bond acceptors (Lipinski definition) is 2. The molecule has 3 heteroatoms. The molecule has 1 N–H and O–H groups in total. The topological polar surface area (TPSA) is 15.3 Å². The molecule has 1 aliphatic rings. The molecule has 0 saturated carbocycles. The minimum atomic E-state index is -0.609. The number of rotatable bonds is 4. The number of nitrogens with zero attached hydrogens (tertiary/aromatic N) is 1. The lowest BCUT2D eigenvalue weighted by Crippen LogP contribution is -2.28. The lowest BCUT2D eigenvalue weighted by molar-refractivity contribution is 0.317. The third-order valence-electron chi connectivity index (χ3n) is 2.57. The first-order valence-corrected chi connectivity index (χ1v) is 4.78. The predicted molar refractivity (Wildman–Crippen MR) is 49.1 cm³/mol. The van der Waals surface area contributed by atoms with Crippen LogP contribution in [0.2, 0.25) is 0 Å². The van der Waals surface area contributed by atoms with E-state index in [1.54, 1.807) is 0 Å². The fourth-order valence-electron chi connectivity index (χ4n) is 1.52. The molecule has 0 spiro atoms. The fourth-order valence-corrected chi connectivity index (χ4v) is 1.52. The third-order valence-corrected chi connectivity index (χ3v) is 2.57. The fraction of sp³-hybridized carbons (Fsp3) is 1.00. The van der Waals surface area contributed by atoms with Crippen molar-refractivity contribution in [1.29, 1.82) is 0 Å². The molecule has 0 aromatic rings. The summed E-state index contributed by atoms with van der Waals surface area (Å²) in [6, 6.07) is 0.411. The molecule has 12 heavy (non-hydrogen) atoms. The van der Waals surface area contributed by atoms with Crippen LogP contribution in [0.1, 0.15) is 19.8 Å². The van der Waals surface area contributed by atoms with Crippen LogP contribution >= 0.6 is 0 Å². The van der Waals surface area contributed by atoms with Crippen molar-refractivity contribution in [3.8, 4) is 0 Å². The van der Waals surface area contributed by atoms with Gasteiger partial charge in [-0.2, -0.15) is 0 Å². The zero-order valence-electron chi connectivity index (χ0n) is 8.02. The van der Waals surface area contributed by atoms with Gasteiger partial charge in [-0.15, -0.1) is 0 Å². The molecule has 0 aliphatic carbocycles. The Labute approximate surface area is 74.1 Å². The first kappa shape index (κ1) is 9.93. The lowest BCUT2D eigenvalue weighted by atomic mass is 10.1. The summed E-state index contributed by atoms with van der Waals surface area (Å²) in [5.74, 6) is 0. The first-order chi connectivity index (χ1) is 5.72. The van der Waals surface area contributed by atoms with Gasteiger partial charge in [0.2, 0.25) is 0 Å². The normalized spacial score (nSPS) is 30.0. The van der Waals surface area contributed by atoms with Crippen LogP contribution in [0.4, 0.5) is 4.39 Å². The average Bonchev–Trinajstić information content (AvgIpc) is 2.47. The second-order valence-corrected chi connectivity index (χ2v) is 3.62. The van der Waals surface area contributed by atoms with Gasteiger partial charge in [-0.25, -0.2) is 4.39 Å². The highest BCUT2D eigenvalue weighted by Crippen LogP contribution is 2.12. The Morgan fingerprint density at radius 3 is 2.83 bits per heavy atom. The number of hydrogen-bond donors (Lipinski definition) is 1. The molecule has 1 heterocycles. The van der Waals surface area contributed by atoms with Gasteiger partial charge in [-0.1, -0.05) is 6.92 Å². The zero-order valence-corrected chi connectivity index (χ0v) is 8.02. The van der Waals surface area contributed by atoms with Crippen molar-refractivity contribution in [2.75, 3.05) is 26.7 Å². The molecule has 1 rings (SSSR count). The van der Waals surface area contributed by atoms with Crippen LogP contribution in [0.15, 0.2) is 0 Å².